The molecule has 0 saturated carbocycles. The lowest BCUT2D eigenvalue weighted by Gasteiger charge is -2.32. The number of pyridine rings is 1. The highest BCUT2D eigenvalue weighted by molar-refractivity contribution is 6.61. The van der Waals surface area contributed by atoms with Crippen molar-refractivity contribution in [2.45, 2.75) is 38.9 Å². The molecule has 0 amide bonds. The van der Waals surface area contributed by atoms with Crippen molar-refractivity contribution in [3.63, 3.8) is 0 Å². The molecule has 0 aliphatic carbocycles. The lowest BCUT2D eigenvalue weighted by molar-refractivity contribution is 0.00578. The van der Waals surface area contributed by atoms with Gasteiger partial charge in [-0.05, 0) is 51.5 Å². The topological polar surface area (TPSA) is 44.5 Å². The van der Waals surface area contributed by atoms with Crippen LogP contribution in [0.3, 0.4) is 0 Å². The molecule has 1 fully saturated rings. The van der Waals surface area contributed by atoms with E-state index >= 15 is 0 Å². The third-order valence-corrected chi connectivity index (χ3v) is 4.13. The predicted octanol–water partition coefficient (Wildman–Crippen LogP) is 2.64. The Balaban J connectivity index is 1.91. The van der Waals surface area contributed by atoms with Crippen molar-refractivity contribution in [3.05, 3.63) is 36.9 Å². The van der Waals surface area contributed by atoms with Gasteiger partial charge in [0.2, 0.25) is 0 Å². The largest absolute Gasteiger partial charge is 0.514 e. The Morgan fingerprint density at radius 1 is 1.00 bits per heavy atom. The van der Waals surface area contributed by atoms with E-state index < -0.39 is 7.12 Å². The van der Waals surface area contributed by atoms with E-state index in [4.69, 9.17) is 13.7 Å². The second kappa shape index (κ2) is 4.47. The van der Waals surface area contributed by atoms with Gasteiger partial charge in [-0.15, -0.1) is 0 Å². The highest BCUT2D eigenvalue weighted by Crippen LogP contribution is 2.36. The van der Waals surface area contributed by atoms with Crippen LogP contribution in [0.1, 0.15) is 27.7 Å². The van der Waals surface area contributed by atoms with Gasteiger partial charge in [0.15, 0.2) is 0 Å². The van der Waals surface area contributed by atoms with Gasteiger partial charge < -0.3 is 13.7 Å². The summed E-state index contributed by atoms with van der Waals surface area (Å²) in [4.78, 5) is 4.38. The molecule has 2 aromatic rings. The zero-order chi connectivity index (χ0) is 14.4. The predicted molar refractivity (Wildman–Crippen MR) is 77.7 cm³/mol. The number of hydrogen-bond acceptors (Lipinski definition) is 4. The van der Waals surface area contributed by atoms with Gasteiger partial charge in [0.05, 0.1) is 29.3 Å². The van der Waals surface area contributed by atoms with Crippen molar-refractivity contribution in [1.82, 2.24) is 4.98 Å². The van der Waals surface area contributed by atoms with Crippen LogP contribution in [-0.4, -0.2) is 23.3 Å². The normalized spacial score (nSPS) is 20.3. The van der Waals surface area contributed by atoms with Crippen LogP contribution in [0.15, 0.2) is 41.3 Å². The average Bonchev–Trinajstić information content (AvgIpc) is 2.97. The van der Waals surface area contributed by atoms with Crippen LogP contribution in [-0.2, 0) is 9.31 Å². The third kappa shape index (κ3) is 2.17. The van der Waals surface area contributed by atoms with Crippen LogP contribution in [0, 0.1) is 0 Å². The number of nitrogens with zero attached hydrogens (tertiary/aromatic N) is 1. The summed E-state index contributed by atoms with van der Waals surface area (Å²) in [5, 5.41) is 0. The minimum atomic E-state index is -0.438. The van der Waals surface area contributed by atoms with Crippen molar-refractivity contribution < 1.29 is 13.7 Å². The molecular formula is C15H18BNO3. The third-order valence-electron chi connectivity index (χ3n) is 4.13. The van der Waals surface area contributed by atoms with Crippen LogP contribution in [0.2, 0.25) is 0 Å². The minimum Gasteiger partial charge on any atom is -0.472 e. The summed E-state index contributed by atoms with van der Waals surface area (Å²) in [6, 6.07) is 5.84. The van der Waals surface area contributed by atoms with Crippen LogP contribution in [0.25, 0.3) is 11.1 Å². The highest BCUT2D eigenvalue weighted by Gasteiger charge is 2.52. The molecule has 0 unspecified atom stereocenters. The maximum Gasteiger partial charge on any atom is 0.514 e. The Bertz CT molecular complexity index is 591. The average molecular weight is 271 g/mol. The first kappa shape index (κ1) is 13.4. The molecule has 0 atom stereocenters. The molecule has 104 valence electrons. The van der Waals surface area contributed by atoms with E-state index in [1.807, 2.05) is 45.9 Å². The summed E-state index contributed by atoms with van der Waals surface area (Å²) in [7, 11) is -0.438. The summed E-state index contributed by atoms with van der Waals surface area (Å²) in [6.45, 7) is 8.14. The highest BCUT2D eigenvalue weighted by atomic mass is 16.7. The molecule has 20 heavy (non-hydrogen) atoms. The van der Waals surface area contributed by atoms with Gasteiger partial charge in [0, 0.05) is 11.8 Å². The summed E-state index contributed by atoms with van der Waals surface area (Å²) in [6.07, 6.45) is 5.14. The van der Waals surface area contributed by atoms with Gasteiger partial charge in [-0.25, -0.2) is 0 Å². The van der Waals surface area contributed by atoms with E-state index in [0.717, 1.165) is 16.7 Å². The summed E-state index contributed by atoms with van der Waals surface area (Å²) >= 11 is 0. The molecule has 0 spiro atoms. The van der Waals surface area contributed by atoms with Gasteiger partial charge in [0.25, 0.3) is 0 Å². The minimum absolute atomic E-state index is 0.356. The van der Waals surface area contributed by atoms with Gasteiger partial charge in [0.1, 0.15) is 0 Å². The molecule has 3 rings (SSSR count). The molecular weight excluding hydrogens is 253 g/mol. The van der Waals surface area contributed by atoms with Crippen molar-refractivity contribution >= 4 is 12.7 Å². The fraction of sp³-hybridized carbons (Fsp3) is 0.400. The van der Waals surface area contributed by atoms with Crippen molar-refractivity contribution in [3.8, 4) is 11.1 Å². The van der Waals surface area contributed by atoms with Gasteiger partial charge >= 0.3 is 7.12 Å². The van der Waals surface area contributed by atoms with Gasteiger partial charge in [-0.3, -0.25) is 4.98 Å². The monoisotopic (exact) mass is 271 g/mol. The van der Waals surface area contributed by atoms with Crippen molar-refractivity contribution in [2.75, 3.05) is 0 Å². The molecule has 1 saturated heterocycles. The molecule has 0 aromatic carbocycles. The molecule has 4 nitrogen and oxygen atoms in total. The number of furan rings is 1. The van der Waals surface area contributed by atoms with Crippen LogP contribution in [0.4, 0.5) is 0 Å². The first-order valence-corrected chi connectivity index (χ1v) is 6.73. The second-order valence-corrected chi connectivity index (χ2v) is 6.07. The lowest BCUT2D eigenvalue weighted by Crippen LogP contribution is -2.41. The van der Waals surface area contributed by atoms with E-state index in [9.17, 15) is 0 Å². The van der Waals surface area contributed by atoms with Crippen LogP contribution >= 0.6 is 0 Å². The SMILES string of the molecule is CC1(C)OB(c2cc(-c3ccoc3)ccn2)OC1(C)C. The van der Waals surface area contributed by atoms with Gasteiger partial charge in [-0.2, -0.15) is 0 Å². The van der Waals surface area contributed by atoms with Crippen molar-refractivity contribution in [2.24, 2.45) is 0 Å². The number of aromatic nitrogens is 1. The summed E-state index contributed by atoms with van der Waals surface area (Å²) in [5.74, 6) is 0. The molecule has 3 heterocycles. The zero-order valence-corrected chi connectivity index (χ0v) is 12.2. The van der Waals surface area contributed by atoms with E-state index in [0.29, 0.717) is 0 Å². The Labute approximate surface area is 119 Å². The Morgan fingerprint density at radius 2 is 1.70 bits per heavy atom. The summed E-state index contributed by atoms with van der Waals surface area (Å²) in [5.41, 5.74) is 2.13. The second-order valence-electron chi connectivity index (χ2n) is 6.07. The van der Waals surface area contributed by atoms with Crippen LogP contribution in [0.5, 0.6) is 0 Å². The maximum absolute atomic E-state index is 6.01. The van der Waals surface area contributed by atoms with Crippen molar-refractivity contribution in [1.29, 1.82) is 0 Å². The van der Waals surface area contributed by atoms with E-state index in [1.54, 1.807) is 18.7 Å². The standard InChI is InChI=1S/C15H18BNO3/c1-14(2)15(3,4)20-16(19-14)13-9-11(5-7-17-13)12-6-8-18-10-12/h5-10H,1-4H3. The molecule has 5 heteroatoms. The lowest BCUT2D eigenvalue weighted by atomic mass is 9.83. The smallest absolute Gasteiger partial charge is 0.472 e. The first-order chi connectivity index (χ1) is 9.39. The first-order valence-electron chi connectivity index (χ1n) is 6.73. The molecule has 1 aliphatic rings. The summed E-state index contributed by atoms with van der Waals surface area (Å²) < 4.78 is 17.1. The maximum atomic E-state index is 6.01. The quantitative estimate of drug-likeness (QED) is 0.787. The molecule has 0 bridgehead atoms. The zero-order valence-electron chi connectivity index (χ0n) is 12.2. The Hall–Kier alpha value is -1.59. The molecule has 0 radical (unpaired) electrons. The fourth-order valence-corrected chi connectivity index (χ4v) is 2.15. The molecule has 2 aromatic heterocycles. The number of hydrogen-bond donors (Lipinski definition) is 0. The molecule has 1 aliphatic heterocycles. The van der Waals surface area contributed by atoms with E-state index in [-0.39, 0.29) is 11.2 Å². The van der Waals surface area contributed by atoms with Crippen LogP contribution < -0.4 is 5.59 Å². The fourth-order valence-electron chi connectivity index (χ4n) is 2.15. The van der Waals surface area contributed by atoms with E-state index in [1.165, 1.54) is 0 Å². The van der Waals surface area contributed by atoms with E-state index in [2.05, 4.69) is 4.98 Å². The van der Waals surface area contributed by atoms with Gasteiger partial charge in [-0.1, -0.05) is 0 Å². The number of rotatable bonds is 2. The molecule has 0 N–H and O–H groups in total. The Morgan fingerprint density at radius 3 is 2.30 bits per heavy atom. The Kier molecular flexibility index (Phi) is 2.99.